The van der Waals surface area contributed by atoms with E-state index in [4.69, 9.17) is 9.47 Å². The minimum atomic E-state index is -4.07. The number of nitrogens with one attached hydrogen (secondary N) is 2. The quantitative estimate of drug-likeness (QED) is 0.561. The average molecular weight is 456 g/mol. The molecule has 31 heavy (non-hydrogen) atoms. The lowest BCUT2D eigenvalue weighted by molar-refractivity contribution is -0.150. The molecule has 1 amide bonds. The van der Waals surface area contributed by atoms with Crippen molar-refractivity contribution in [1.82, 2.24) is 4.72 Å². The molecule has 2 rings (SSSR count). The van der Waals surface area contributed by atoms with E-state index in [0.29, 0.717) is 5.75 Å². The summed E-state index contributed by atoms with van der Waals surface area (Å²) < 4.78 is 64.0. The highest BCUT2D eigenvalue weighted by molar-refractivity contribution is 7.89. The third-order valence-corrected chi connectivity index (χ3v) is 5.58. The summed E-state index contributed by atoms with van der Waals surface area (Å²) in [5.74, 6) is -3.60. The van der Waals surface area contributed by atoms with E-state index in [-0.39, 0.29) is 4.90 Å². The molecule has 1 atom stereocenters. The first-order valence-corrected chi connectivity index (χ1v) is 10.6. The minimum Gasteiger partial charge on any atom is -0.497 e. The van der Waals surface area contributed by atoms with Crippen LogP contribution in [0.25, 0.3) is 0 Å². The normalized spacial score (nSPS) is 12.3. The molecular weight excluding hydrogens is 434 g/mol. The Hall–Kier alpha value is -3.05. The summed E-state index contributed by atoms with van der Waals surface area (Å²) in [5, 5.41) is 2.08. The Kier molecular flexibility index (Phi) is 8.06. The Morgan fingerprint density at radius 2 is 1.71 bits per heavy atom. The molecule has 0 aliphatic carbocycles. The van der Waals surface area contributed by atoms with E-state index in [1.807, 2.05) is 0 Å². The van der Waals surface area contributed by atoms with Crippen molar-refractivity contribution in [1.29, 1.82) is 0 Å². The molecular formula is C20H22F2N2O6S. The minimum absolute atomic E-state index is 0.0916. The average Bonchev–Trinajstić information content (AvgIpc) is 2.72. The van der Waals surface area contributed by atoms with Crippen LogP contribution in [0.2, 0.25) is 0 Å². The van der Waals surface area contributed by atoms with Crippen LogP contribution in [0.4, 0.5) is 14.5 Å². The second kappa shape index (κ2) is 10.3. The summed E-state index contributed by atoms with van der Waals surface area (Å²) >= 11 is 0. The van der Waals surface area contributed by atoms with Crippen molar-refractivity contribution in [2.24, 2.45) is 5.92 Å². The van der Waals surface area contributed by atoms with Crippen molar-refractivity contribution in [3.8, 4) is 5.75 Å². The van der Waals surface area contributed by atoms with Crippen LogP contribution in [-0.4, -0.2) is 40.1 Å². The maximum absolute atomic E-state index is 13.6. The topological polar surface area (TPSA) is 111 Å². The van der Waals surface area contributed by atoms with Crippen LogP contribution in [-0.2, 0) is 24.3 Å². The Bertz CT molecular complexity index is 1040. The summed E-state index contributed by atoms with van der Waals surface area (Å²) in [6.07, 6.45) is 0. The fourth-order valence-electron chi connectivity index (χ4n) is 2.45. The van der Waals surface area contributed by atoms with Gasteiger partial charge in [-0.25, -0.2) is 17.2 Å². The summed E-state index contributed by atoms with van der Waals surface area (Å²) in [6.45, 7) is 2.36. The number of methoxy groups -OCH3 is 1. The Morgan fingerprint density at radius 3 is 2.29 bits per heavy atom. The van der Waals surface area contributed by atoms with Gasteiger partial charge < -0.3 is 14.8 Å². The number of rotatable bonds is 9. The van der Waals surface area contributed by atoms with Gasteiger partial charge in [0.2, 0.25) is 10.0 Å². The molecule has 2 aromatic carbocycles. The molecule has 0 saturated heterocycles. The van der Waals surface area contributed by atoms with E-state index in [9.17, 15) is 26.8 Å². The van der Waals surface area contributed by atoms with Crippen LogP contribution in [0.3, 0.4) is 0 Å². The summed E-state index contributed by atoms with van der Waals surface area (Å²) in [4.78, 5) is 24.2. The maximum Gasteiger partial charge on any atom is 0.324 e. The van der Waals surface area contributed by atoms with Gasteiger partial charge in [0, 0.05) is 6.07 Å². The molecule has 0 saturated carbocycles. The zero-order valence-corrected chi connectivity index (χ0v) is 17.8. The van der Waals surface area contributed by atoms with E-state index in [1.165, 1.54) is 31.4 Å². The van der Waals surface area contributed by atoms with Gasteiger partial charge in [0.05, 0.1) is 17.7 Å². The number of hydrogen-bond donors (Lipinski definition) is 2. The van der Waals surface area contributed by atoms with Crippen LogP contribution in [0.5, 0.6) is 5.75 Å². The molecule has 11 heteroatoms. The summed E-state index contributed by atoms with van der Waals surface area (Å²) in [6, 6.07) is 6.73. The van der Waals surface area contributed by atoms with Gasteiger partial charge in [-0.15, -0.1) is 0 Å². The van der Waals surface area contributed by atoms with Crippen molar-refractivity contribution in [3.05, 3.63) is 54.1 Å². The third-order valence-electron chi connectivity index (χ3n) is 4.12. The van der Waals surface area contributed by atoms with Crippen molar-refractivity contribution in [2.45, 2.75) is 24.8 Å². The largest absolute Gasteiger partial charge is 0.497 e. The molecule has 8 nitrogen and oxygen atoms in total. The highest BCUT2D eigenvalue weighted by atomic mass is 32.2. The van der Waals surface area contributed by atoms with Gasteiger partial charge in [-0.05, 0) is 42.3 Å². The standard InChI is InChI=1S/C20H22F2N2O6S/c1-12(2)19(24-31(27,28)15-7-5-14(29-3)6-8-15)20(26)30-11-18(25)23-17-10-13(21)4-9-16(17)22/h4-10,12,19,24H,11H2,1-3H3,(H,23,25). The number of benzene rings is 2. The molecule has 0 aliphatic rings. The number of carbonyl (C=O) groups is 2. The summed E-state index contributed by atoms with van der Waals surface area (Å²) in [7, 11) is -2.63. The van der Waals surface area contributed by atoms with Gasteiger partial charge in [0.15, 0.2) is 6.61 Å². The maximum atomic E-state index is 13.6. The highest BCUT2D eigenvalue weighted by Gasteiger charge is 2.30. The molecule has 2 N–H and O–H groups in total. The second-order valence-corrected chi connectivity index (χ2v) is 8.51. The Labute approximate surface area is 178 Å². The van der Waals surface area contributed by atoms with Crippen LogP contribution in [0.1, 0.15) is 13.8 Å². The van der Waals surface area contributed by atoms with Crippen LogP contribution in [0, 0.1) is 17.6 Å². The number of carbonyl (C=O) groups excluding carboxylic acids is 2. The molecule has 0 bridgehead atoms. The second-order valence-electron chi connectivity index (χ2n) is 6.80. The predicted octanol–water partition coefficient (Wildman–Crippen LogP) is 2.46. The Balaban J connectivity index is 2.02. The van der Waals surface area contributed by atoms with Crippen LogP contribution in [0.15, 0.2) is 47.4 Å². The molecule has 0 radical (unpaired) electrons. The fraction of sp³-hybridized carbons (Fsp3) is 0.300. The van der Waals surface area contributed by atoms with Crippen molar-refractivity contribution in [3.63, 3.8) is 0 Å². The zero-order chi connectivity index (χ0) is 23.2. The lowest BCUT2D eigenvalue weighted by atomic mass is 10.1. The molecule has 0 aromatic heterocycles. The van der Waals surface area contributed by atoms with Gasteiger partial charge in [-0.3, -0.25) is 9.59 Å². The van der Waals surface area contributed by atoms with Crippen molar-refractivity contribution in [2.75, 3.05) is 19.0 Å². The number of halogens is 2. The van der Waals surface area contributed by atoms with Gasteiger partial charge in [-0.1, -0.05) is 13.8 Å². The monoisotopic (exact) mass is 456 g/mol. The number of esters is 1. The molecule has 0 heterocycles. The van der Waals surface area contributed by atoms with Crippen molar-refractivity contribution >= 4 is 27.6 Å². The first-order valence-electron chi connectivity index (χ1n) is 9.11. The fourth-order valence-corrected chi connectivity index (χ4v) is 3.79. The molecule has 168 valence electrons. The highest BCUT2D eigenvalue weighted by Crippen LogP contribution is 2.18. The molecule has 0 fully saturated rings. The van der Waals surface area contributed by atoms with Gasteiger partial charge >= 0.3 is 5.97 Å². The van der Waals surface area contributed by atoms with E-state index in [0.717, 1.165) is 18.2 Å². The van der Waals surface area contributed by atoms with E-state index in [2.05, 4.69) is 10.0 Å². The van der Waals surface area contributed by atoms with E-state index >= 15 is 0 Å². The zero-order valence-electron chi connectivity index (χ0n) is 17.0. The number of anilines is 1. The summed E-state index contributed by atoms with van der Waals surface area (Å²) in [5.41, 5.74) is -0.415. The Morgan fingerprint density at radius 1 is 1.06 bits per heavy atom. The number of hydrogen-bond acceptors (Lipinski definition) is 6. The van der Waals surface area contributed by atoms with Gasteiger partial charge in [0.25, 0.3) is 5.91 Å². The molecule has 0 spiro atoms. The first-order chi connectivity index (χ1) is 14.5. The number of amides is 1. The smallest absolute Gasteiger partial charge is 0.324 e. The van der Waals surface area contributed by atoms with Crippen molar-refractivity contribution < 1.29 is 36.3 Å². The molecule has 2 aromatic rings. The van der Waals surface area contributed by atoms with E-state index < -0.39 is 57.8 Å². The van der Waals surface area contributed by atoms with Crippen LogP contribution >= 0.6 is 0 Å². The van der Waals surface area contributed by atoms with Gasteiger partial charge in [0.1, 0.15) is 23.4 Å². The third kappa shape index (κ3) is 6.72. The SMILES string of the molecule is COc1ccc(S(=O)(=O)NC(C(=O)OCC(=O)Nc2cc(F)ccc2F)C(C)C)cc1. The molecule has 1 unspecified atom stereocenters. The number of ether oxygens (including phenoxy) is 2. The lowest BCUT2D eigenvalue weighted by Gasteiger charge is -2.20. The number of sulfonamides is 1. The predicted molar refractivity (Wildman–Crippen MR) is 108 cm³/mol. The van der Waals surface area contributed by atoms with Gasteiger partial charge in [-0.2, -0.15) is 4.72 Å². The molecule has 0 aliphatic heterocycles. The van der Waals surface area contributed by atoms with Crippen LogP contribution < -0.4 is 14.8 Å². The first kappa shape index (κ1) is 24.2. The van der Waals surface area contributed by atoms with E-state index in [1.54, 1.807) is 13.8 Å². The lowest BCUT2D eigenvalue weighted by Crippen LogP contribution is -2.45.